The van der Waals surface area contributed by atoms with Gasteiger partial charge in [0.2, 0.25) is 11.0 Å². The van der Waals surface area contributed by atoms with Crippen LogP contribution in [0.1, 0.15) is 48.2 Å². The maximum absolute atomic E-state index is 12.3. The summed E-state index contributed by atoms with van der Waals surface area (Å²) < 4.78 is 13.3. The summed E-state index contributed by atoms with van der Waals surface area (Å²) >= 11 is 0. The minimum atomic E-state index is -1.46. The number of aromatic nitrogens is 1. The van der Waals surface area contributed by atoms with Gasteiger partial charge in [0.1, 0.15) is 11.5 Å². The molecule has 1 aliphatic heterocycles. The SMILES string of the molecule is CC(=O)Oc1c(C)c(C)c2c(c1C)CC(CCn1ccc(=O)c(O)c1C)C(C)(C(=O)O)O2. The van der Waals surface area contributed by atoms with E-state index in [1.807, 2.05) is 20.8 Å². The van der Waals surface area contributed by atoms with Crippen molar-refractivity contribution < 1.29 is 29.3 Å². The van der Waals surface area contributed by atoms with Crippen LogP contribution in [0.2, 0.25) is 0 Å². The number of ether oxygens (including phenoxy) is 2. The Morgan fingerprint density at radius 1 is 1.22 bits per heavy atom. The van der Waals surface area contributed by atoms with Crippen molar-refractivity contribution in [3.8, 4) is 17.2 Å². The van der Waals surface area contributed by atoms with Crippen LogP contribution in [0.5, 0.6) is 17.2 Å². The molecule has 172 valence electrons. The summed E-state index contributed by atoms with van der Waals surface area (Å²) in [6, 6.07) is 1.28. The zero-order chi connectivity index (χ0) is 24.0. The van der Waals surface area contributed by atoms with Crippen LogP contribution in [0.15, 0.2) is 17.1 Å². The number of nitrogens with zero attached hydrogens (tertiary/aromatic N) is 1. The van der Waals surface area contributed by atoms with E-state index in [4.69, 9.17) is 9.47 Å². The molecule has 8 nitrogen and oxygen atoms in total. The molecule has 0 amide bonds. The smallest absolute Gasteiger partial charge is 0.348 e. The molecule has 1 aromatic carbocycles. The van der Waals surface area contributed by atoms with Crippen molar-refractivity contribution >= 4 is 11.9 Å². The summed E-state index contributed by atoms with van der Waals surface area (Å²) in [6.45, 7) is 10.4. The monoisotopic (exact) mass is 443 g/mol. The predicted octanol–water partition coefficient (Wildman–Crippen LogP) is 3.20. The number of carboxylic acids is 1. The second-order valence-electron chi connectivity index (χ2n) is 8.62. The molecule has 0 saturated heterocycles. The normalized spacial score (nSPS) is 19.8. The van der Waals surface area contributed by atoms with Crippen LogP contribution in [-0.4, -0.2) is 32.3 Å². The Kier molecular flexibility index (Phi) is 6.09. The van der Waals surface area contributed by atoms with E-state index in [1.54, 1.807) is 24.6 Å². The average Bonchev–Trinajstić information content (AvgIpc) is 2.73. The van der Waals surface area contributed by atoms with Gasteiger partial charge in [0.15, 0.2) is 5.75 Å². The maximum Gasteiger partial charge on any atom is 0.348 e. The number of benzene rings is 1. The summed E-state index contributed by atoms with van der Waals surface area (Å²) in [6.07, 6.45) is 2.44. The molecule has 2 heterocycles. The second kappa shape index (κ2) is 8.33. The van der Waals surface area contributed by atoms with Gasteiger partial charge in [-0.25, -0.2) is 4.79 Å². The molecule has 2 atom stereocenters. The Bertz CT molecular complexity index is 1160. The van der Waals surface area contributed by atoms with Crippen molar-refractivity contribution in [2.45, 2.75) is 66.5 Å². The van der Waals surface area contributed by atoms with Crippen molar-refractivity contribution in [1.82, 2.24) is 4.57 Å². The number of hydrogen-bond donors (Lipinski definition) is 2. The molecule has 0 spiro atoms. The molecule has 2 aromatic rings. The predicted molar refractivity (Wildman–Crippen MR) is 118 cm³/mol. The molecule has 0 bridgehead atoms. The number of pyridine rings is 1. The zero-order valence-corrected chi connectivity index (χ0v) is 19.2. The summed E-state index contributed by atoms with van der Waals surface area (Å²) in [7, 11) is 0. The molecule has 2 N–H and O–H groups in total. The highest BCUT2D eigenvalue weighted by Gasteiger charge is 2.48. The average molecular weight is 443 g/mol. The second-order valence-corrected chi connectivity index (χ2v) is 8.62. The molecule has 0 aliphatic carbocycles. The molecule has 2 unspecified atom stereocenters. The van der Waals surface area contributed by atoms with Crippen molar-refractivity contribution in [1.29, 1.82) is 0 Å². The summed E-state index contributed by atoms with van der Waals surface area (Å²) in [5, 5.41) is 20.0. The number of rotatable bonds is 5. The number of carboxylic acid groups (broad SMARTS) is 1. The molecule has 3 rings (SSSR count). The lowest BCUT2D eigenvalue weighted by molar-refractivity contribution is -0.160. The highest BCUT2D eigenvalue weighted by atomic mass is 16.5. The lowest BCUT2D eigenvalue weighted by Crippen LogP contribution is -2.52. The van der Waals surface area contributed by atoms with Crippen molar-refractivity contribution in [3.05, 3.63) is 50.4 Å². The van der Waals surface area contributed by atoms with Gasteiger partial charge < -0.3 is 24.3 Å². The fraction of sp³-hybridized carbons (Fsp3) is 0.458. The first-order valence-electron chi connectivity index (χ1n) is 10.5. The molecule has 0 radical (unpaired) electrons. The van der Waals surface area contributed by atoms with E-state index in [-0.39, 0.29) is 5.75 Å². The molecule has 32 heavy (non-hydrogen) atoms. The van der Waals surface area contributed by atoms with Gasteiger partial charge in [-0.05, 0) is 64.2 Å². The van der Waals surface area contributed by atoms with Crippen molar-refractivity contribution in [2.75, 3.05) is 0 Å². The quantitative estimate of drug-likeness (QED) is 0.539. The minimum absolute atomic E-state index is 0.313. The molecular formula is C24H29NO7. The van der Waals surface area contributed by atoms with E-state index >= 15 is 0 Å². The lowest BCUT2D eigenvalue weighted by Gasteiger charge is -2.41. The first-order chi connectivity index (χ1) is 14.9. The van der Waals surface area contributed by atoms with Crippen LogP contribution in [0.4, 0.5) is 0 Å². The van der Waals surface area contributed by atoms with Crippen molar-refractivity contribution in [3.63, 3.8) is 0 Å². The van der Waals surface area contributed by atoms with Crippen LogP contribution in [0.3, 0.4) is 0 Å². The Morgan fingerprint density at radius 2 is 1.88 bits per heavy atom. The minimum Gasteiger partial charge on any atom is -0.503 e. The number of carbonyl (C=O) groups excluding carboxylic acids is 1. The molecular weight excluding hydrogens is 414 g/mol. The third-order valence-corrected chi connectivity index (χ3v) is 6.66. The Balaban J connectivity index is 2.03. The van der Waals surface area contributed by atoms with E-state index in [0.717, 1.165) is 22.3 Å². The van der Waals surface area contributed by atoms with Crippen molar-refractivity contribution in [2.24, 2.45) is 5.92 Å². The molecule has 1 aromatic heterocycles. The highest BCUT2D eigenvalue weighted by molar-refractivity contribution is 5.79. The molecule has 8 heteroatoms. The molecule has 0 saturated carbocycles. The van der Waals surface area contributed by atoms with Crippen LogP contribution >= 0.6 is 0 Å². The highest BCUT2D eigenvalue weighted by Crippen LogP contribution is 2.46. The number of esters is 1. The van der Waals surface area contributed by atoms with Gasteiger partial charge in [0.25, 0.3) is 0 Å². The van der Waals surface area contributed by atoms with Gasteiger partial charge in [0, 0.05) is 37.2 Å². The number of aryl methyl sites for hydroxylation is 1. The molecule has 0 fully saturated rings. The van der Waals surface area contributed by atoms with Gasteiger partial charge >= 0.3 is 11.9 Å². The maximum atomic E-state index is 12.3. The summed E-state index contributed by atoms with van der Waals surface area (Å²) in [5.74, 6) is -1.20. The van der Waals surface area contributed by atoms with Crippen LogP contribution in [-0.2, 0) is 22.6 Å². The van der Waals surface area contributed by atoms with Crippen LogP contribution < -0.4 is 14.9 Å². The van der Waals surface area contributed by atoms with E-state index in [9.17, 15) is 24.6 Å². The summed E-state index contributed by atoms with van der Waals surface area (Å²) in [5.41, 5.74) is 1.57. The standard InChI is InChI=1S/C24H29NO7/c1-12-13(2)22-18(14(3)21(12)31-16(5)26)11-17(24(6,32-22)23(29)30)7-9-25-10-8-19(27)20(28)15(25)4/h8,10,17,28H,7,9,11H2,1-6H3,(H,29,30). The summed E-state index contributed by atoms with van der Waals surface area (Å²) in [4.78, 5) is 35.5. The van der Waals surface area contributed by atoms with Gasteiger partial charge in [-0.1, -0.05) is 0 Å². The first-order valence-corrected chi connectivity index (χ1v) is 10.5. The van der Waals surface area contributed by atoms with Crippen LogP contribution in [0, 0.1) is 33.6 Å². The lowest BCUT2D eigenvalue weighted by atomic mass is 9.77. The fourth-order valence-electron chi connectivity index (χ4n) is 4.37. The first kappa shape index (κ1) is 23.4. The van der Waals surface area contributed by atoms with Gasteiger partial charge in [-0.3, -0.25) is 9.59 Å². The number of fused-ring (bicyclic) bond motifs is 1. The third kappa shape index (κ3) is 3.85. The van der Waals surface area contributed by atoms with Crippen LogP contribution in [0.25, 0.3) is 0 Å². The van der Waals surface area contributed by atoms with Gasteiger partial charge in [-0.2, -0.15) is 0 Å². The zero-order valence-electron chi connectivity index (χ0n) is 19.2. The largest absolute Gasteiger partial charge is 0.503 e. The van der Waals surface area contributed by atoms with E-state index in [1.165, 1.54) is 13.0 Å². The van der Waals surface area contributed by atoms with E-state index in [2.05, 4.69) is 0 Å². The van der Waals surface area contributed by atoms with Gasteiger partial charge in [-0.15, -0.1) is 0 Å². The Morgan fingerprint density at radius 3 is 2.47 bits per heavy atom. The topological polar surface area (TPSA) is 115 Å². The Hall–Kier alpha value is -3.29. The fourth-order valence-corrected chi connectivity index (χ4v) is 4.37. The van der Waals surface area contributed by atoms with E-state index < -0.39 is 28.9 Å². The molecule has 1 aliphatic rings. The number of aliphatic carboxylic acids is 1. The Labute approximate surface area is 186 Å². The number of hydrogen-bond acceptors (Lipinski definition) is 6. The third-order valence-electron chi connectivity index (χ3n) is 6.66. The van der Waals surface area contributed by atoms with Gasteiger partial charge in [0.05, 0.1) is 5.69 Å². The number of carbonyl (C=O) groups is 2. The number of aromatic hydroxyl groups is 1. The van der Waals surface area contributed by atoms with E-state index in [0.29, 0.717) is 36.6 Å².